The highest BCUT2D eigenvalue weighted by Crippen LogP contribution is 2.19. The number of esters is 1. The van der Waals surface area contributed by atoms with Crippen molar-refractivity contribution >= 4 is 26.9 Å². The van der Waals surface area contributed by atoms with Crippen LogP contribution in [0.4, 0.5) is 0 Å². The van der Waals surface area contributed by atoms with Crippen LogP contribution in [0.1, 0.15) is 22.6 Å². The highest BCUT2D eigenvalue weighted by atomic mass is 32.2. The van der Waals surface area contributed by atoms with Crippen LogP contribution >= 0.6 is 0 Å². The normalized spacial score (nSPS) is 13.3. The third-order valence-corrected chi connectivity index (χ3v) is 7.07. The molecule has 0 radical (unpaired) electrons. The van der Waals surface area contributed by atoms with Gasteiger partial charge in [-0.2, -0.15) is 0 Å². The minimum absolute atomic E-state index is 0.00882. The van der Waals surface area contributed by atoms with Gasteiger partial charge in [0, 0.05) is 27.1 Å². The van der Waals surface area contributed by atoms with Crippen molar-refractivity contribution in [3.8, 4) is 5.75 Å². The van der Waals surface area contributed by atoms with Crippen molar-refractivity contribution in [3.05, 3.63) is 64.2 Å². The highest BCUT2D eigenvalue weighted by Gasteiger charge is 2.18. The minimum atomic E-state index is -3.50. The molecule has 0 bridgehead atoms. The van der Waals surface area contributed by atoms with Gasteiger partial charge in [0.1, 0.15) is 24.8 Å². The van der Waals surface area contributed by atoms with Gasteiger partial charge in [0.05, 0.1) is 21.4 Å². The maximum absolute atomic E-state index is 12.5. The van der Waals surface area contributed by atoms with Crippen molar-refractivity contribution in [1.29, 1.82) is 0 Å². The number of fused-ring (bicyclic) bond motifs is 2. The van der Waals surface area contributed by atoms with Crippen LogP contribution in [0, 0.1) is 0 Å². The Morgan fingerprint density at radius 1 is 1.12 bits per heavy atom. The SMILES string of the molecule is CN(C)S(=O)(=O)c1ccc(OCCOC(=O)c2ccc3c(=O)n4c(nc3c2)CCC4)cc1. The average Bonchev–Trinajstić information content (AvgIpc) is 3.25. The number of sulfonamides is 1. The first-order chi connectivity index (χ1) is 15.3. The summed E-state index contributed by atoms with van der Waals surface area (Å²) in [4.78, 5) is 29.6. The van der Waals surface area contributed by atoms with Gasteiger partial charge in [0.2, 0.25) is 10.0 Å². The van der Waals surface area contributed by atoms with Gasteiger partial charge in [-0.15, -0.1) is 0 Å². The van der Waals surface area contributed by atoms with Crippen molar-refractivity contribution in [3.63, 3.8) is 0 Å². The molecule has 0 unspecified atom stereocenters. The molecule has 0 N–H and O–H groups in total. The number of nitrogens with zero attached hydrogens (tertiary/aromatic N) is 3. The quantitative estimate of drug-likeness (QED) is 0.393. The molecule has 1 aliphatic rings. The molecule has 1 aromatic heterocycles. The summed E-state index contributed by atoms with van der Waals surface area (Å²) in [6.07, 6.45) is 1.64. The Bertz CT molecular complexity index is 1330. The lowest BCUT2D eigenvalue weighted by atomic mass is 10.1. The van der Waals surface area contributed by atoms with Crippen molar-refractivity contribution in [2.45, 2.75) is 24.3 Å². The van der Waals surface area contributed by atoms with Gasteiger partial charge in [-0.1, -0.05) is 0 Å². The van der Waals surface area contributed by atoms with E-state index < -0.39 is 16.0 Å². The van der Waals surface area contributed by atoms with E-state index in [1.165, 1.54) is 26.2 Å². The van der Waals surface area contributed by atoms with Crippen LogP contribution < -0.4 is 10.3 Å². The third-order valence-electron chi connectivity index (χ3n) is 5.24. The molecular formula is C22H23N3O6S. The predicted octanol–water partition coefficient (Wildman–Crippen LogP) is 1.83. The van der Waals surface area contributed by atoms with Gasteiger partial charge in [-0.25, -0.2) is 22.5 Å². The molecule has 10 heteroatoms. The van der Waals surface area contributed by atoms with Gasteiger partial charge < -0.3 is 9.47 Å². The largest absolute Gasteiger partial charge is 0.490 e. The van der Waals surface area contributed by atoms with Gasteiger partial charge in [0.25, 0.3) is 5.56 Å². The Kier molecular flexibility index (Phi) is 5.98. The first kappa shape index (κ1) is 22.0. The fourth-order valence-corrected chi connectivity index (χ4v) is 4.41. The van der Waals surface area contributed by atoms with Crippen molar-refractivity contribution in [1.82, 2.24) is 13.9 Å². The molecule has 0 aliphatic carbocycles. The van der Waals surface area contributed by atoms with E-state index in [0.717, 1.165) is 23.0 Å². The zero-order chi connectivity index (χ0) is 22.9. The Morgan fingerprint density at radius 3 is 2.59 bits per heavy atom. The third kappa shape index (κ3) is 4.23. The minimum Gasteiger partial charge on any atom is -0.490 e. The number of rotatable bonds is 7. The second-order valence-electron chi connectivity index (χ2n) is 7.56. The number of carbonyl (C=O) groups excluding carboxylic acids is 1. The Morgan fingerprint density at radius 2 is 1.88 bits per heavy atom. The molecule has 2 heterocycles. The van der Waals surface area contributed by atoms with Crippen LogP contribution in [0.5, 0.6) is 5.75 Å². The molecule has 32 heavy (non-hydrogen) atoms. The molecular weight excluding hydrogens is 434 g/mol. The Labute approximate surface area is 185 Å². The number of aryl methyl sites for hydroxylation is 1. The van der Waals surface area contributed by atoms with E-state index in [0.29, 0.717) is 28.8 Å². The molecule has 9 nitrogen and oxygen atoms in total. The van der Waals surface area contributed by atoms with Crippen LogP contribution in [0.3, 0.4) is 0 Å². The zero-order valence-electron chi connectivity index (χ0n) is 17.8. The lowest BCUT2D eigenvalue weighted by molar-refractivity contribution is 0.0450. The summed E-state index contributed by atoms with van der Waals surface area (Å²) in [5.41, 5.74) is 0.715. The van der Waals surface area contributed by atoms with Crippen LogP contribution in [0.15, 0.2) is 52.2 Å². The average molecular weight is 458 g/mol. The van der Waals surface area contributed by atoms with Gasteiger partial charge in [0.15, 0.2) is 0 Å². The molecule has 0 atom stereocenters. The molecule has 0 saturated heterocycles. The fraction of sp³-hybridized carbons (Fsp3) is 0.318. The van der Waals surface area contributed by atoms with Crippen LogP contribution in [0.2, 0.25) is 0 Å². The number of benzene rings is 2. The van der Waals surface area contributed by atoms with Gasteiger partial charge >= 0.3 is 5.97 Å². The lowest BCUT2D eigenvalue weighted by Crippen LogP contribution is -2.22. The lowest BCUT2D eigenvalue weighted by Gasteiger charge is -2.12. The summed E-state index contributed by atoms with van der Waals surface area (Å²) in [6, 6.07) is 10.7. The predicted molar refractivity (Wildman–Crippen MR) is 117 cm³/mol. The fourth-order valence-electron chi connectivity index (χ4n) is 3.51. The zero-order valence-corrected chi connectivity index (χ0v) is 18.6. The molecule has 3 aromatic rings. The van der Waals surface area contributed by atoms with Crippen molar-refractivity contribution < 1.29 is 22.7 Å². The van der Waals surface area contributed by atoms with E-state index in [-0.39, 0.29) is 23.7 Å². The van der Waals surface area contributed by atoms with Crippen molar-refractivity contribution in [2.75, 3.05) is 27.3 Å². The van der Waals surface area contributed by atoms with E-state index in [2.05, 4.69) is 4.98 Å². The monoisotopic (exact) mass is 457 g/mol. The van der Waals surface area contributed by atoms with Gasteiger partial charge in [-0.05, 0) is 48.9 Å². The topological polar surface area (TPSA) is 108 Å². The van der Waals surface area contributed by atoms with E-state index in [1.807, 2.05) is 0 Å². The number of aromatic nitrogens is 2. The molecule has 168 valence electrons. The smallest absolute Gasteiger partial charge is 0.338 e. The molecule has 1 aliphatic heterocycles. The summed E-state index contributed by atoms with van der Waals surface area (Å²) >= 11 is 0. The highest BCUT2D eigenvalue weighted by molar-refractivity contribution is 7.89. The second-order valence-corrected chi connectivity index (χ2v) is 9.72. The van der Waals surface area contributed by atoms with Crippen molar-refractivity contribution in [2.24, 2.45) is 0 Å². The molecule has 4 rings (SSSR count). The van der Waals surface area contributed by atoms with Crippen LogP contribution in [0.25, 0.3) is 10.9 Å². The number of hydrogen-bond donors (Lipinski definition) is 0. The second kappa shape index (κ2) is 8.71. The Hall–Kier alpha value is -3.24. The standard InChI is InChI=1S/C22H23N3O6S/c1-24(2)32(28,29)17-8-6-16(7-9-17)30-12-13-31-22(27)15-5-10-18-19(14-15)23-20-4-3-11-25(20)21(18)26/h5-10,14H,3-4,11-13H2,1-2H3. The maximum atomic E-state index is 12.5. The summed E-state index contributed by atoms with van der Waals surface area (Å²) in [6.45, 7) is 0.788. The number of ether oxygens (including phenoxy) is 2. The summed E-state index contributed by atoms with van der Waals surface area (Å²) in [7, 11) is -0.574. The molecule has 0 amide bonds. The first-order valence-corrected chi connectivity index (χ1v) is 11.6. The van der Waals surface area contributed by atoms with Crippen LogP contribution in [-0.4, -0.2) is 55.6 Å². The molecule has 0 saturated carbocycles. The Balaban J connectivity index is 1.35. The summed E-state index contributed by atoms with van der Waals surface area (Å²) < 4.78 is 37.7. The first-order valence-electron chi connectivity index (χ1n) is 10.1. The number of carbonyl (C=O) groups is 1. The van der Waals surface area contributed by atoms with Crippen LogP contribution in [-0.2, 0) is 27.7 Å². The van der Waals surface area contributed by atoms with E-state index in [1.54, 1.807) is 34.9 Å². The summed E-state index contributed by atoms with van der Waals surface area (Å²) in [5, 5.41) is 0.482. The van der Waals surface area contributed by atoms with E-state index >= 15 is 0 Å². The van der Waals surface area contributed by atoms with E-state index in [9.17, 15) is 18.0 Å². The van der Waals surface area contributed by atoms with E-state index in [4.69, 9.17) is 9.47 Å². The molecule has 0 spiro atoms. The maximum Gasteiger partial charge on any atom is 0.338 e. The van der Waals surface area contributed by atoms with Gasteiger partial charge in [-0.3, -0.25) is 9.36 Å². The number of hydrogen-bond acceptors (Lipinski definition) is 7. The molecule has 2 aromatic carbocycles. The molecule has 0 fully saturated rings. The summed E-state index contributed by atoms with van der Waals surface area (Å²) in [5.74, 6) is 0.666.